The highest BCUT2D eigenvalue weighted by molar-refractivity contribution is 8.04. The second kappa shape index (κ2) is 29.1. The maximum absolute atomic E-state index is 13.8. The predicted octanol–water partition coefficient (Wildman–Crippen LogP) is 16.0. The van der Waals surface area contributed by atoms with Crippen molar-refractivity contribution in [2.75, 3.05) is 0 Å². The zero-order chi connectivity index (χ0) is 36.3. The largest absolute Gasteiger partial charge is 0.242 e. The van der Waals surface area contributed by atoms with Crippen LogP contribution in [0.4, 0.5) is 4.39 Å². The number of hydrogen-bond donors (Lipinski definition) is 0. The molecule has 2 heteroatoms. The van der Waals surface area contributed by atoms with Crippen LogP contribution in [0.5, 0.6) is 0 Å². The number of thioether (sulfide) groups is 1. The molecular formula is C44H75FS. The normalized spacial score (nSPS) is 16.1. The highest BCUT2D eigenvalue weighted by atomic mass is 32.2. The lowest BCUT2D eigenvalue weighted by Gasteiger charge is -2.18. The molecule has 264 valence electrons. The van der Waals surface area contributed by atoms with Crippen molar-refractivity contribution in [2.45, 2.75) is 172 Å². The van der Waals surface area contributed by atoms with Crippen molar-refractivity contribution in [3.8, 4) is 0 Å². The van der Waals surface area contributed by atoms with Crippen molar-refractivity contribution >= 4 is 11.8 Å². The Morgan fingerprint density at radius 1 is 0.935 bits per heavy atom. The average molecular weight is 655 g/mol. The molecule has 2 unspecified atom stereocenters. The van der Waals surface area contributed by atoms with Crippen LogP contribution in [0.15, 0.2) is 99.8 Å². The molecule has 0 amide bonds. The Labute approximate surface area is 293 Å². The molecule has 0 saturated heterocycles. The van der Waals surface area contributed by atoms with Crippen LogP contribution >= 0.6 is 11.8 Å². The minimum Gasteiger partial charge on any atom is -0.242 e. The third-order valence-corrected chi connectivity index (χ3v) is 8.48. The summed E-state index contributed by atoms with van der Waals surface area (Å²) in [5.74, 6) is -0.0165. The Bertz CT molecular complexity index is 1060. The van der Waals surface area contributed by atoms with Gasteiger partial charge in [0, 0.05) is 16.2 Å². The fourth-order valence-electron chi connectivity index (χ4n) is 4.27. The molecule has 46 heavy (non-hydrogen) atoms. The molecule has 0 heterocycles. The molecule has 2 atom stereocenters. The first-order valence-electron chi connectivity index (χ1n) is 18.1. The molecule has 0 saturated carbocycles. The molecule has 0 spiro atoms. The lowest BCUT2D eigenvalue weighted by atomic mass is 9.91. The van der Waals surface area contributed by atoms with Gasteiger partial charge in [-0.25, -0.2) is 4.39 Å². The Morgan fingerprint density at radius 2 is 1.52 bits per heavy atom. The quantitative estimate of drug-likeness (QED) is 0.0962. The second-order valence-electron chi connectivity index (χ2n) is 13.0. The van der Waals surface area contributed by atoms with E-state index in [-0.39, 0.29) is 5.92 Å². The molecule has 1 aliphatic carbocycles. The molecule has 1 aliphatic rings. The van der Waals surface area contributed by atoms with E-state index < -0.39 is 6.17 Å². The number of unbranched alkanes of at least 4 members (excludes halogenated alkanes) is 3. The van der Waals surface area contributed by atoms with Crippen LogP contribution < -0.4 is 0 Å². The molecule has 0 bridgehead atoms. The van der Waals surface area contributed by atoms with Crippen molar-refractivity contribution in [3.05, 3.63) is 99.8 Å². The van der Waals surface area contributed by atoms with Crippen LogP contribution in [0.3, 0.4) is 0 Å². The minimum atomic E-state index is -0.861. The molecule has 1 rings (SSSR count). The molecule has 0 fully saturated rings. The van der Waals surface area contributed by atoms with Gasteiger partial charge in [-0.2, -0.15) is 0 Å². The summed E-state index contributed by atoms with van der Waals surface area (Å²) in [7, 11) is 0. The fourth-order valence-corrected chi connectivity index (χ4v) is 5.38. The minimum absolute atomic E-state index is 0.0165. The van der Waals surface area contributed by atoms with E-state index in [0.29, 0.717) is 4.75 Å². The number of alkyl halides is 1. The van der Waals surface area contributed by atoms with Gasteiger partial charge < -0.3 is 0 Å². The SMILES string of the molecule is C=C(CC)C(=C=C/C(C)=C(C)/C(C)=C/C)C(=C)CCCC1=CC(F)C(C)C=C1.C=C(CCCCCC)SC(C)(C)C.CC.CCC. The molecule has 0 aromatic carbocycles. The molecule has 0 radical (unpaired) electrons. The van der Waals surface area contributed by atoms with E-state index in [4.69, 9.17) is 0 Å². The van der Waals surface area contributed by atoms with Crippen molar-refractivity contribution in [2.24, 2.45) is 5.92 Å². The molecule has 0 aromatic rings. The molecule has 0 aliphatic heterocycles. The van der Waals surface area contributed by atoms with E-state index in [2.05, 4.69) is 114 Å². The lowest BCUT2D eigenvalue weighted by molar-refractivity contribution is 0.331. The predicted molar refractivity (Wildman–Crippen MR) is 216 cm³/mol. The van der Waals surface area contributed by atoms with E-state index in [1.807, 2.05) is 44.7 Å². The first-order valence-corrected chi connectivity index (χ1v) is 18.9. The maximum atomic E-state index is 13.8. The van der Waals surface area contributed by atoms with E-state index in [1.165, 1.54) is 60.1 Å². The van der Waals surface area contributed by atoms with Crippen molar-refractivity contribution < 1.29 is 4.39 Å². The topological polar surface area (TPSA) is 0 Å². The number of rotatable bonds is 15. The zero-order valence-electron chi connectivity index (χ0n) is 33.0. The number of hydrogen-bond acceptors (Lipinski definition) is 1. The maximum Gasteiger partial charge on any atom is 0.125 e. The van der Waals surface area contributed by atoms with Gasteiger partial charge in [0.05, 0.1) is 0 Å². The van der Waals surface area contributed by atoms with Gasteiger partial charge in [-0.15, -0.1) is 17.5 Å². The van der Waals surface area contributed by atoms with E-state index in [1.54, 1.807) is 6.08 Å². The standard InChI is InChI=1S/C27H37F.C12H24S.C3H8.C2H6/c1-9-19(3)24(8)21(5)15-17-26(20(4)10-2)22(6)12-11-13-25-16-14-23(7)27(28)18-25;1-6-7-8-9-10-11(2)13-12(3,4)5;1-3-2;1-2/h9,14-16,18,23,27H,4,6,10-13H2,1-3,5,7-8H3;2,6-10H2,1,3-5H3;3H2,1-2H3;1-2H3/b19-9+,24-21+;;;. The van der Waals surface area contributed by atoms with Gasteiger partial charge in [-0.1, -0.05) is 138 Å². The molecule has 0 N–H and O–H groups in total. The number of allylic oxidation sites excluding steroid dienone is 12. The zero-order valence-corrected chi connectivity index (χ0v) is 33.8. The van der Waals surface area contributed by atoms with Gasteiger partial charge >= 0.3 is 0 Å². The van der Waals surface area contributed by atoms with E-state index in [0.717, 1.165) is 48.0 Å². The smallest absolute Gasteiger partial charge is 0.125 e. The fraction of sp³-hybridized carbons (Fsp3) is 0.614. The summed E-state index contributed by atoms with van der Waals surface area (Å²) in [6, 6.07) is 0. The highest BCUT2D eigenvalue weighted by Gasteiger charge is 2.15. The van der Waals surface area contributed by atoms with Gasteiger partial charge in [-0.05, 0) is 111 Å². The summed E-state index contributed by atoms with van der Waals surface area (Å²) < 4.78 is 14.2. The van der Waals surface area contributed by atoms with Crippen LogP contribution in [0.1, 0.15) is 161 Å². The second-order valence-corrected chi connectivity index (χ2v) is 15.0. The summed E-state index contributed by atoms with van der Waals surface area (Å²) in [6.45, 7) is 42.3. The summed E-state index contributed by atoms with van der Waals surface area (Å²) in [5.41, 5.74) is 11.4. The first-order chi connectivity index (χ1) is 21.6. The summed E-state index contributed by atoms with van der Waals surface area (Å²) in [6.07, 6.45) is 20.5. The van der Waals surface area contributed by atoms with Crippen molar-refractivity contribution in [3.63, 3.8) is 0 Å². The molecule has 0 aromatic heterocycles. The van der Waals surface area contributed by atoms with E-state index >= 15 is 0 Å². The van der Waals surface area contributed by atoms with Crippen molar-refractivity contribution in [1.29, 1.82) is 0 Å². The Hall–Kier alpha value is -2.02. The van der Waals surface area contributed by atoms with Crippen LogP contribution in [0.25, 0.3) is 0 Å². The summed E-state index contributed by atoms with van der Waals surface area (Å²) in [5, 5.41) is 0. The van der Waals surface area contributed by atoms with E-state index in [9.17, 15) is 4.39 Å². The van der Waals surface area contributed by atoms with Gasteiger partial charge in [0.1, 0.15) is 6.17 Å². The van der Waals surface area contributed by atoms with Crippen LogP contribution in [0.2, 0.25) is 0 Å². The third kappa shape index (κ3) is 25.1. The van der Waals surface area contributed by atoms with Gasteiger partial charge in [0.25, 0.3) is 0 Å². The van der Waals surface area contributed by atoms with Crippen LogP contribution in [-0.4, -0.2) is 10.9 Å². The van der Waals surface area contributed by atoms with Crippen LogP contribution in [0, 0.1) is 5.92 Å². The Morgan fingerprint density at radius 3 is 2.00 bits per heavy atom. The third-order valence-electron chi connectivity index (χ3n) is 7.38. The highest BCUT2D eigenvalue weighted by Crippen LogP contribution is 2.32. The summed E-state index contributed by atoms with van der Waals surface area (Å²) in [4.78, 5) is 1.35. The lowest BCUT2D eigenvalue weighted by Crippen LogP contribution is -2.11. The Balaban J connectivity index is -0.000000855. The van der Waals surface area contributed by atoms with Crippen molar-refractivity contribution in [1.82, 2.24) is 0 Å². The van der Waals surface area contributed by atoms with Gasteiger partial charge in [0.2, 0.25) is 0 Å². The Kier molecular flexibility index (Phi) is 30.7. The van der Waals surface area contributed by atoms with Crippen LogP contribution in [-0.2, 0) is 0 Å². The molecule has 0 nitrogen and oxygen atoms in total. The number of halogens is 1. The summed E-state index contributed by atoms with van der Waals surface area (Å²) >= 11 is 1.92. The van der Waals surface area contributed by atoms with Gasteiger partial charge in [-0.3, -0.25) is 0 Å². The first kappa shape index (κ1) is 48.4. The van der Waals surface area contributed by atoms with Gasteiger partial charge in [0.15, 0.2) is 0 Å². The molecular weight excluding hydrogens is 580 g/mol. The average Bonchev–Trinajstić information content (AvgIpc) is 3.01. The monoisotopic (exact) mass is 655 g/mol.